The number of carbonyl (C=O) groups excluding carboxylic acids is 1. The Morgan fingerprint density at radius 1 is 1.11 bits per heavy atom. The quantitative estimate of drug-likeness (QED) is 0.345. The first-order valence-electron chi connectivity index (χ1n) is 11.5. The van der Waals surface area contributed by atoms with Gasteiger partial charge in [0.25, 0.3) is 0 Å². The SMILES string of the molecule is COc1nc(N2C=CN(C(=O)OC(C)(C)C)CC2)c2cnc(-c3cncc4cccc(Cl)c34)c(F)c2n1. The standard InChI is InChI=1S/C26H24ClFN6O3/c1-26(2,3)37-25(35)34-10-8-33(9-11-34)23-17-14-30-21(20(28)22(17)31-24(32-23)36-4)16-13-29-12-15-6-5-7-18(27)19(15)16/h5-8,10,12-14H,9,11H2,1-4H3. The van der Waals surface area contributed by atoms with Crippen LogP contribution in [0.25, 0.3) is 32.9 Å². The fraction of sp³-hybridized carbons (Fsp3) is 0.269. The lowest BCUT2D eigenvalue weighted by Gasteiger charge is -2.31. The maximum atomic E-state index is 16.0. The van der Waals surface area contributed by atoms with Crippen LogP contribution in [0.3, 0.4) is 0 Å². The Labute approximate surface area is 217 Å². The summed E-state index contributed by atoms with van der Waals surface area (Å²) >= 11 is 6.45. The molecule has 0 saturated heterocycles. The van der Waals surface area contributed by atoms with Crippen LogP contribution >= 0.6 is 11.6 Å². The highest BCUT2D eigenvalue weighted by atomic mass is 35.5. The molecule has 0 radical (unpaired) electrons. The molecule has 0 N–H and O–H groups in total. The minimum atomic E-state index is -0.648. The first-order valence-corrected chi connectivity index (χ1v) is 11.9. The summed E-state index contributed by atoms with van der Waals surface area (Å²) in [6, 6.07) is 5.39. The number of halogens is 2. The molecule has 0 bridgehead atoms. The van der Waals surface area contributed by atoms with Crippen molar-refractivity contribution < 1.29 is 18.7 Å². The smallest absolute Gasteiger partial charge is 0.414 e. The molecular weight excluding hydrogens is 499 g/mol. The predicted octanol–water partition coefficient (Wildman–Crippen LogP) is 5.57. The molecule has 37 heavy (non-hydrogen) atoms. The molecule has 190 valence electrons. The maximum absolute atomic E-state index is 16.0. The van der Waals surface area contributed by atoms with Crippen molar-refractivity contribution in [3.63, 3.8) is 0 Å². The summed E-state index contributed by atoms with van der Waals surface area (Å²) < 4.78 is 26.7. The van der Waals surface area contributed by atoms with Gasteiger partial charge in [-0.25, -0.2) is 9.18 Å². The van der Waals surface area contributed by atoms with Gasteiger partial charge in [0.2, 0.25) is 0 Å². The summed E-state index contributed by atoms with van der Waals surface area (Å²) in [5.41, 5.74) is -0.0507. The van der Waals surface area contributed by atoms with E-state index in [9.17, 15) is 4.79 Å². The fourth-order valence-corrected chi connectivity index (χ4v) is 4.35. The van der Waals surface area contributed by atoms with Crippen LogP contribution in [0, 0.1) is 5.82 Å². The lowest BCUT2D eigenvalue weighted by atomic mass is 10.0. The molecule has 0 fully saturated rings. The number of amides is 1. The van der Waals surface area contributed by atoms with Gasteiger partial charge < -0.3 is 14.4 Å². The van der Waals surface area contributed by atoms with E-state index in [0.717, 1.165) is 5.39 Å². The van der Waals surface area contributed by atoms with E-state index in [0.29, 0.717) is 40.3 Å². The van der Waals surface area contributed by atoms with Gasteiger partial charge in [-0.15, -0.1) is 0 Å². The second kappa shape index (κ2) is 9.44. The van der Waals surface area contributed by atoms with Gasteiger partial charge in [0.05, 0.1) is 12.5 Å². The fourth-order valence-electron chi connectivity index (χ4n) is 4.06. The number of benzene rings is 1. The number of rotatable bonds is 3. The number of pyridine rings is 2. The molecule has 0 saturated carbocycles. The van der Waals surface area contributed by atoms with Crippen molar-refractivity contribution in [2.75, 3.05) is 25.1 Å². The van der Waals surface area contributed by atoms with Crippen LogP contribution in [-0.2, 0) is 4.74 Å². The van der Waals surface area contributed by atoms with E-state index in [-0.39, 0.29) is 17.2 Å². The van der Waals surface area contributed by atoms with Gasteiger partial charge in [-0.05, 0) is 26.8 Å². The van der Waals surface area contributed by atoms with Crippen molar-refractivity contribution in [2.24, 2.45) is 0 Å². The Kier molecular flexibility index (Phi) is 6.28. The Morgan fingerprint density at radius 2 is 1.92 bits per heavy atom. The lowest BCUT2D eigenvalue weighted by Crippen LogP contribution is -2.41. The summed E-state index contributed by atoms with van der Waals surface area (Å²) in [5.74, 6) is -0.251. The van der Waals surface area contributed by atoms with Crippen LogP contribution in [0.2, 0.25) is 5.02 Å². The molecule has 9 nitrogen and oxygen atoms in total. The second-order valence-electron chi connectivity index (χ2n) is 9.41. The molecule has 11 heteroatoms. The normalized spacial score (nSPS) is 13.9. The van der Waals surface area contributed by atoms with Gasteiger partial charge in [0.15, 0.2) is 5.82 Å². The van der Waals surface area contributed by atoms with E-state index in [2.05, 4.69) is 19.9 Å². The van der Waals surface area contributed by atoms with Crippen molar-refractivity contribution in [3.05, 3.63) is 60.0 Å². The monoisotopic (exact) mass is 522 g/mol. The molecule has 0 atom stereocenters. The molecule has 4 heterocycles. The average molecular weight is 523 g/mol. The number of nitrogens with zero attached hydrogens (tertiary/aromatic N) is 6. The van der Waals surface area contributed by atoms with E-state index >= 15 is 4.39 Å². The minimum Gasteiger partial charge on any atom is -0.467 e. The van der Waals surface area contributed by atoms with Crippen molar-refractivity contribution in [1.29, 1.82) is 0 Å². The maximum Gasteiger partial charge on any atom is 0.414 e. The van der Waals surface area contributed by atoms with Gasteiger partial charge in [-0.1, -0.05) is 23.7 Å². The molecule has 1 aliphatic heterocycles. The van der Waals surface area contributed by atoms with Crippen LogP contribution in [0.4, 0.5) is 15.0 Å². The Hall–Kier alpha value is -4.05. The predicted molar refractivity (Wildman–Crippen MR) is 139 cm³/mol. The number of ether oxygens (including phenoxy) is 2. The van der Waals surface area contributed by atoms with E-state index in [1.54, 1.807) is 35.6 Å². The highest BCUT2D eigenvalue weighted by Gasteiger charge is 2.26. The van der Waals surface area contributed by atoms with Crippen LogP contribution in [0.1, 0.15) is 20.8 Å². The largest absolute Gasteiger partial charge is 0.467 e. The first kappa shape index (κ1) is 24.6. The molecular formula is C26H24ClFN6O3. The molecule has 0 spiro atoms. The van der Waals surface area contributed by atoms with Gasteiger partial charge >= 0.3 is 12.1 Å². The molecule has 0 unspecified atom stereocenters. The summed E-state index contributed by atoms with van der Waals surface area (Å²) in [5, 5.41) is 2.26. The summed E-state index contributed by atoms with van der Waals surface area (Å²) in [4.78, 5) is 33.1. The van der Waals surface area contributed by atoms with E-state index in [1.807, 2.05) is 26.8 Å². The number of anilines is 1. The molecule has 0 aliphatic carbocycles. The summed E-state index contributed by atoms with van der Waals surface area (Å²) in [7, 11) is 1.41. The van der Waals surface area contributed by atoms with E-state index in [1.165, 1.54) is 24.4 Å². The number of methoxy groups -OCH3 is 1. The number of hydrogen-bond donors (Lipinski definition) is 0. The zero-order valence-electron chi connectivity index (χ0n) is 20.7. The molecule has 4 aromatic rings. The Bertz CT molecular complexity index is 1550. The number of carbonyl (C=O) groups is 1. The number of hydrogen-bond acceptors (Lipinski definition) is 8. The number of aromatic nitrogens is 4. The van der Waals surface area contributed by atoms with Crippen molar-refractivity contribution >= 4 is 45.2 Å². The van der Waals surface area contributed by atoms with Crippen molar-refractivity contribution in [3.8, 4) is 17.3 Å². The summed E-state index contributed by atoms with van der Waals surface area (Å²) in [6.07, 6.45) is 7.54. The summed E-state index contributed by atoms with van der Waals surface area (Å²) in [6.45, 7) is 6.15. The zero-order chi connectivity index (χ0) is 26.3. The van der Waals surface area contributed by atoms with E-state index < -0.39 is 17.5 Å². The van der Waals surface area contributed by atoms with Crippen LogP contribution in [-0.4, -0.2) is 56.7 Å². The third kappa shape index (κ3) is 4.72. The van der Waals surface area contributed by atoms with Gasteiger partial charge in [-0.2, -0.15) is 9.97 Å². The van der Waals surface area contributed by atoms with Crippen LogP contribution < -0.4 is 9.64 Å². The van der Waals surface area contributed by atoms with Crippen LogP contribution in [0.5, 0.6) is 6.01 Å². The van der Waals surface area contributed by atoms with Gasteiger partial charge in [0, 0.05) is 65.4 Å². The average Bonchev–Trinajstić information content (AvgIpc) is 2.87. The Morgan fingerprint density at radius 3 is 2.62 bits per heavy atom. The van der Waals surface area contributed by atoms with Gasteiger partial charge in [0.1, 0.15) is 22.6 Å². The highest BCUT2D eigenvalue weighted by Crippen LogP contribution is 2.36. The zero-order valence-corrected chi connectivity index (χ0v) is 21.5. The van der Waals surface area contributed by atoms with Crippen LogP contribution in [0.15, 0.2) is 49.2 Å². The number of fused-ring (bicyclic) bond motifs is 2. The van der Waals surface area contributed by atoms with Crippen molar-refractivity contribution in [1.82, 2.24) is 24.8 Å². The highest BCUT2D eigenvalue weighted by molar-refractivity contribution is 6.36. The second-order valence-corrected chi connectivity index (χ2v) is 9.81. The molecule has 3 aromatic heterocycles. The minimum absolute atomic E-state index is 0.00407. The molecule has 1 amide bonds. The first-order chi connectivity index (χ1) is 17.7. The van der Waals surface area contributed by atoms with Gasteiger partial charge in [-0.3, -0.25) is 14.9 Å². The third-order valence-electron chi connectivity index (χ3n) is 5.72. The lowest BCUT2D eigenvalue weighted by molar-refractivity contribution is 0.0334. The van der Waals surface area contributed by atoms with E-state index in [4.69, 9.17) is 21.1 Å². The molecule has 5 rings (SSSR count). The topological polar surface area (TPSA) is 93.6 Å². The molecule has 1 aromatic carbocycles. The third-order valence-corrected chi connectivity index (χ3v) is 6.04. The molecule has 1 aliphatic rings. The van der Waals surface area contributed by atoms with Crippen molar-refractivity contribution in [2.45, 2.75) is 26.4 Å². The Balaban J connectivity index is 1.58.